The van der Waals surface area contributed by atoms with Crippen LogP contribution in [-0.4, -0.2) is 27.5 Å². The molecule has 0 spiro atoms. The number of rotatable bonds is 16. The minimum Gasteiger partial charge on any atom is -0.493 e. The molecule has 1 aromatic rings. The van der Waals surface area contributed by atoms with E-state index in [9.17, 15) is 9.90 Å². The van der Waals surface area contributed by atoms with E-state index in [1.54, 1.807) is 4.57 Å². The summed E-state index contributed by atoms with van der Waals surface area (Å²) < 4.78 is 8.79. The van der Waals surface area contributed by atoms with E-state index in [2.05, 4.69) is 20.8 Å². The van der Waals surface area contributed by atoms with Crippen molar-refractivity contribution in [2.75, 3.05) is 13.2 Å². The fraction of sp³-hybridized carbons (Fsp3) is 0.864. The van der Waals surface area contributed by atoms with E-state index in [1.165, 1.54) is 42.9 Å². The lowest BCUT2D eigenvalue weighted by atomic mass is 9.74. The first-order valence-electron chi connectivity index (χ1n) is 11.1. The first-order chi connectivity index (χ1) is 13.0. The Labute approximate surface area is 165 Å². The molecule has 0 aromatic carbocycles. The summed E-state index contributed by atoms with van der Waals surface area (Å²) in [5, 5.41) is 9.99. The highest BCUT2D eigenvalue weighted by Gasteiger charge is 2.25. The summed E-state index contributed by atoms with van der Waals surface area (Å²) in [7, 11) is 0. The Kier molecular flexibility index (Phi) is 11.5. The molecule has 0 radical (unpaired) electrons. The third-order valence-electron chi connectivity index (χ3n) is 6.09. The number of imidazole rings is 1. The molecule has 0 aliphatic carbocycles. The van der Waals surface area contributed by atoms with Gasteiger partial charge in [-0.1, -0.05) is 52.9 Å². The van der Waals surface area contributed by atoms with Crippen LogP contribution in [-0.2, 0) is 17.8 Å². The van der Waals surface area contributed by atoms with Crippen molar-refractivity contribution in [3.63, 3.8) is 0 Å². The van der Waals surface area contributed by atoms with Crippen LogP contribution in [0.3, 0.4) is 0 Å². The highest BCUT2D eigenvalue weighted by Crippen LogP contribution is 2.37. The summed E-state index contributed by atoms with van der Waals surface area (Å²) in [4.78, 5) is 12.2. The van der Waals surface area contributed by atoms with Gasteiger partial charge in [-0.2, -0.15) is 0 Å². The maximum Gasteiger partial charge on any atom is 0.331 e. The molecule has 27 heavy (non-hydrogen) atoms. The molecule has 0 bridgehead atoms. The average molecular weight is 383 g/mol. The molecule has 5 nitrogen and oxygen atoms in total. The SMILES string of the molecule is CCCCCOCCCCC(CC)(CC)CCCn1c(O)cn(CC)c1=O. The third kappa shape index (κ3) is 7.73. The number of aromatic nitrogens is 2. The Morgan fingerprint density at radius 3 is 2.15 bits per heavy atom. The maximum atomic E-state index is 12.2. The van der Waals surface area contributed by atoms with Crippen LogP contribution in [0.4, 0.5) is 0 Å². The molecule has 0 saturated carbocycles. The molecule has 1 heterocycles. The Hall–Kier alpha value is -1.23. The zero-order valence-corrected chi connectivity index (χ0v) is 18.1. The van der Waals surface area contributed by atoms with Crippen LogP contribution in [0.5, 0.6) is 5.88 Å². The standard InChI is InChI=1S/C22H42N2O3/c1-5-9-11-17-27-18-12-10-14-22(6-2,7-3)15-13-16-24-20(25)19-23(8-4)21(24)26/h19,25H,5-18H2,1-4H3. The van der Waals surface area contributed by atoms with Crippen molar-refractivity contribution in [2.45, 2.75) is 105 Å². The summed E-state index contributed by atoms with van der Waals surface area (Å²) in [6, 6.07) is 0. The van der Waals surface area contributed by atoms with Crippen molar-refractivity contribution < 1.29 is 9.84 Å². The maximum absolute atomic E-state index is 12.2. The molecule has 0 unspecified atom stereocenters. The molecular weight excluding hydrogens is 340 g/mol. The molecule has 5 heteroatoms. The van der Waals surface area contributed by atoms with Gasteiger partial charge in [0, 0.05) is 26.3 Å². The molecular formula is C22H42N2O3. The van der Waals surface area contributed by atoms with Gasteiger partial charge in [0.05, 0.1) is 6.20 Å². The monoisotopic (exact) mass is 382 g/mol. The van der Waals surface area contributed by atoms with Gasteiger partial charge < -0.3 is 9.84 Å². The number of nitrogens with zero attached hydrogens (tertiary/aromatic N) is 2. The number of aryl methyl sites for hydroxylation is 1. The highest BCUT2D eigenvalue weighted by atomic mass is 16.5. The van der Waals surface area contributed by atoms with Gasteiger partial charge in [0.1, 0.15) is 0 Å². The second-order valence-corrected chi connectivity index (χ2v) is 7.79. The fourth-order valence-corrected chi connectivity index (χ4v) is 3.91. The van der Waals surface area contributed by atoms with E-state index >= 15 is 0 Å². The van der Waals surface area contributed by atoms with Crippen LogP contribution in [0, 0.1) is 5.41 Å². The smallest absolute Gasteiger partial charge is 0.331 e. The quantitative estimate of drug-likeness (QED) is 0.393. The lowest BCUT2D eigenvalue weighted by molar-refractivity contribution is 0.119. The van der Waals surface area contributed by atoms with E-state index < -0.39 is 0 Å². The van der Waals surface area contributed by atoms with Crippen LogP contribution >= 0.6 is 0 Å². The molecule has 0 aliphatic rings. The summed E-state index contributed by atoms with van der Waals surface area (Å²) in [5.41, 5.74) is 0.239. The molecule has 0 saturated heterocycles. The molecule has 1 rings (SSSR count). The largest absolute Gasteiger partial charge is 0.493 e. The van der Waals surface area contributed by atoms with Crippen molar-refractivity contribution >= 4 is 0 Å². The molecule has 0 atom stereocenters. The van der Waals surface area contributed by atoms with Crippen molar-refractivity contribution in [2.24, 2.45) is 5.41 Å². The number of hydrogen-bond acceptors (Lipinski definition) is 3. The van der Waals surface area contributed by atoms with Gasteiger partial charge in [0.15, 0.2) is 0 Å². The van der Waals surface area contributed by atoms with Gasteiger partial charge in [-0.05, 0) is 44.4 Å². The zero-order chi connectivity index (χ0) is 20.1. The van der Waals surface area contributed by atoms with Crippen molar-refractivity contribution in [3.8, 4) is 5.88 Å². The summed E-state index contributed by atoms with van der Waals surface area (Å²) >= 11 is 0. The molecule has 0 aliphatic heterocycles. The Morgan fingerprint density at radius 1 is 0.963 bits per heavy atom. The summed E-state index contributed by atoms with van der Waals surface area (Å²) in [5.74, 6) is 0.0840. The second kappa shape index (κ2) is 13.0. The van der Waals surface area contributed by atoms with Crippen molar-refractivity contribution in [1.29, 1.82) is 0 Å². The fourth-order valence-electron chi connectivity index (χ4n) is 3.91. The predicted octanol–water partition coefficient (Wildman–Crippen LogP) is 5.34. The zero-order valence-electron chi connectivity index (χ0n) is 18.1. The molecule has 1 N–H and O–H groups in total. The van der Waals surface area contributed by atoms with Crippen LogP contribution in [0.15, 0.2) is 11.0 Å². The van der Waals surface area contributed by atoms with E-state index in [0.717, 1.165) is 45.3 Å². The highest BCUT2D eigenvalue weighted by molar-refractivity contribution is 5.05. The Bertz CT molecular complexity index is 558. The minimum absolute atomic E-state index is 0.0840. The summed E-state index contributed by atoms with van der Waals surface area (Å²) in [6.07, 6.45) is 13.1. The molecule has 0 amide bonds. The van der Waals surface area contributed by atoms with Gasteiger partial charge in [-0.25, -0.2) is 4.79 Å². The van der Waals surface area contributed by atoms with Crippen LogP contribution in [0.1, 0.15) is 91.9 Å². The number of hydrogen-bond donors (Lipinski definition) is 1. The van der Waals surface area contributed by atoms with E-state index in [1.807, 2.05) is 6.92 Å². The van der Waals surface area contributed by atoms with Gasteiger partial charge in [0.25, 0.3) is 0 Å². The normalized spacial score (nSPS) is 12.0. The topological polar surface area (TPSA) is 56.4 Å². The predicted molar refractivity (Wildman–Crippen MR) is 112 cm³/mol. The minimum atomic E-state index is -0.103. The average Bonchev–Trinajstić information content (AvgIpc) is 2.96. The van der Waals surface area contributed by atoms with Crippen LogP contribution in [0.25, 0.3) is 0 Å². The second-order valence-electron chi connectivity index (χ2n) is 7.79. The lowest BCUT2D eigenvalue weighted by Gasteiger charge is -2.32. The Balaban J connectivity index is 2.39. The first-order valence-corrected chi connectivity index (χ1v) is 11.1. The molecule has 1 aromatic heterocycles. The van der Waals surface area contributed by atoms with E-state index in [0.29, 0.717) is 18.5 Å². The molecule has 0 fully saturated rings. The van der Waals surface area contributed by atoms with E-state index in [-0.39, 0.29) is 11.6 Å². The number of ether oxygens (including phenoxy) is 1. The molecule has 158 valence electrons. The third-order valence-corrected chi connectivity index (χ3v) is 6.09. The van der Waals surface area contributed by atoms with Gasteiger partial charge in [-0.15, -0.1) is 0 Å². The van der Waals surface area contributed by atoms with Gasteiger partial charge in [0.2, 0.25) is 5.88 Å². The van der Waals surface area contributed by atoms with Crippen molar-refractivity contribution in [1.82, 2.24) is 9.13 Å². The summed E-state index contributed by atoms with van der Waals surface area (Å²) in [6.45, 7) is 11.7. The first kappa shape index (κ1) is 23.8. The Morgan fingerprint density at radius 2 is 1.59 bits per heavy atom. The van der Waals surface area contributed by atoms with Crippen molar-refractivity contribution in [3.05, 3.63) is 16.7 Å². The van der Waals surface area contributed by atoms with Gasteiger partial charge >= 0.3 is 5.69 Å². The van der Waals surface area contributed by atoms with Crippen LogP contribution < -0.4 is 5.69 Å². The van der Waals surface area contributed by atoms with Crippen LogP contribution in [0.2, 0.25) is 0 Å². The van der Waals surface area contributed by atoms with E-state index in [4.69, 9.17) is 4.74 Å². The number of unbranched alkanes of at least 4 members (excludes halogenated alkanes) is 3. The lowest BCUT2D eigenvalue weighted by Crippen LogP contribution is -2.25. The number of aromatic hydroxyl groups is 1. The van der Waals surface area contributed by atoms with Gasteiger partial charge in [-0.3, -0.25) is 9.13 Å².